The Labute approximate surface area is 665 Å². The monoisotopic (exact) mass is 1570 g/mol. The fraction of sp³-hybridized carbons (Fsp3) is 0.725. The van der Waals surface area contributed by atoms with E-state index in [1.54, 1.807) is 0 Å². The molecule has 0 aromatic carbocycles. The molecule has 0 radical (unpaired) electrons. The van der Waals surface area contributed by atoms with Gasteiger partial charge in [-0.15, -0.1) is 0 Å². The molecule has 0 aliphatic rings. The molecule has 0 aromatic heterocycles. The molecule has 16 nitrogen and oxygen atoms in total. The molecule has 0 bridgehead atoms. The number of hydrogen-bond acceptors (Lipinski definition) is 14. The van der Waals surface area contributed by atoms with Crippen molar-refractivity contribution in [2.24, 2.45) is 0 Å². The highest BCUT2D eigenvalue weighted by atomic mass is 31.2. The van der Waals surface area contributed by atoms with E-state index in [4.69, 9.17) is 32.3 Å². The van der Waals surface area contributed by atoms with E-state index in [0.717, 1.165) is 148 Å². The van der Waals surface area contributed by atoms with Gasteiger partial charge in [-0.2, -0.15) is 0 Å². The minimum Gasteiger partial charge on any atom is -0.463 e. The number of allylic oxidation sites excluding steroid dienone is 22. The van der Waals surface area contributed by atoms with Gasteiger partial charge in [0.1, 0.15) is 25.4 Å². The van der Waals surface area contributed by atoms with Crippen molar-refractivity contribution < 1.29 is 75.8 Å². The lowest BCUT2D eigenvalue weighted by Crippen LogP contribution is -2.30. The molecule has 0 rings (SSSR count). The maximum Gasteiger partial charge on any atom is 0.472 e. The Morgan fingerprint density at radius 2 is 0.486 bits per heavy atom. The molecule has 18 heteroatoms. The highest BCUT2D eigenvalue weighted by molar-refractivity contribution is 7.47. The van der Waals surface area contributed by atoms with Crippen LogP contribution >= 0.6 is 15.6 Å². The fourth-order valence-corrected chi connectivity index (χ4v) is 13.3. The number of phosphoric acid groups is 2. The molecular weight excluding hydrogens is 1410 g/mol. The van der Waals surface area contributed by atoms with Crippen molar-refractivity contribution in [3.8, 4) is 0 Å². The fourth-order valence-electron chi connectivity index (χ4n) is 11.7. The maximum absolute atomic E-state index is 13.0. The molecule has 5 atom stereocenters. The minimum absolute atomic E-state index is 0.0854. The summed E-state index contributed by atoms with van der Waals surface area (Å²) in [6.45, 7) is 2.53. The van der Waals surface area contributed by atoms with E-state index >= 15 is 0 Å². The van der Waals surface area contributed by atoms with Crippen molar-refractivity contribution >= 4 is 33.6 Å². The molecule has 0 saturated heterocycles. The zero-order chi connectivity index (χ0) is 79.4. The summed E-state index contributed by atoms with van der Waals surface area (Å²) in [5, 5.41) is 20.7. The van der Waals surface area contributed by atoms with E-state index in [1.165, 1.54) is 161 Å². The predicted octanol–water partition coefficient (Wildman–Crippen LogP) is 26.2. The van der Waals surface area contributed by atoms with Crippen LogP contribution in [0, 0.1) is 0 Å². The van der Waals surface area contributed by atoms with Crippen LogP contribution in [0.4, 0.5) is 0 Å². The van der Waals surface area contributed by atoms with Crippen LogP contribution in [0.1, 0.15) is 367 Å². The number of unbranched alkanes of at least 4 members (excludes halogenated alkanes) is 37. The molecule has 0 saturated carbocycles. The third kappa shape index (κ3) is 84.4. The van der Waals surface area contributed by atoms with Crippen LogP contribution in [-0.2, 0) is 55.8 Å². The molecule has 109 heavy (non-hydrogen) atoms. The number of phosphoric ester groups is 2. The third-order valence-corrected chi connectivity index (χ3v) is 20.2. The molecule has 4 N–H and O–H groups in total. The first-order valence-corrected chi connectivity index (χ1v) is 46.5. The second-order valence-electron chi connectivity index (χ2n) is 29.0. The average molecular weight is 1570 g/mol. The number of aliphatic hydroxyl groups excluding tert-OH is 2. The quantitative estimate of drug-likeness (QED) is 0.0146. The summed E-state index contributed by atoms with van der Waals surface area (Å²) in [6, 6.07) is 0. The van der Waals surface area contributed by atoms with Crippen LogP contribution in [0.5, 0.6) is 0 Å². The van der Waals surface area contributed by atoms with Crippen molar-refractivity contribution in [1.82, 2.24) is 0 Å². The smallest absolute Gasteiger partial charge is 0.463 e. The summed E-state index contributed by atoms with van der Waals surface area (Å²) in [5.41, 5.74) is 0. The van der Waals surface area contributed by atoms with Gasteiger partial charge in [0.05, 0.1) is 26.4 Å². The summed E-state index contributed by atoms with van der Waals surface area (Å²) >= 11 is 0. The van der Waals surface area contributed by atoms with Gasteiger partial charge in [0.25, 0.3) is 0 Å². The van der Waals surface area contributed by atoms with Crippen molar-refractivity contribution in [2.45, 2.75) is 386 Å². The van der Waals surface area contributed by atoms with Gasteiger partial charge >= 0.3 is 33.6 Å². The lowest BCUT2D eigenvalue weighted by Gasteiger charge is -2.21. The van der Waals surface area contributed by atoms with Crippen LogP contribution in [-0.4, -0.2) is 95.9 Å². The van der Waals surface area contributed by atoms with Gasteiger partial charge in [-0.3, -0.25) is 32.5 Å². The van der Waals surface area contributed by atoms with E-state index in [2.05, 4.69) is 154 Å². The number of esters is 3. The summed E-state index contributed by atoms with van der Waals surface area (Å²) in [6.07, 6.45) is 102. The summed E-state index contributed by atoms with van der Waals surface area (Å²) < 4.78 is 61.3. The molecule has 5 unspecified atom stereocenters. The zero-order valence-corrected chi connectivity index (χ0v) is 70.7. The Balaban J connectivity index is 4.47. The molecule has 0 fully saturated rings. The van der Waals surface area contributed by atoms with Gasteiger partial charge in [0.15, 0.2) is 6.10 Å². The second kappa shape index (κ2) is 83.1. The molecule has 0 amide bonds. The molecule has 0 heterocycles. The average Bonchev–Trinajstić information content (AvgIpc) is 0.904. The van der Waals surface area contributed by atoms with E-state index in [9.17, 15) is 43.5 Å². The normalized spacial score (nSPS) is 14.5. The van der Waals surface area contributed by atoms with Crippen molar-refractivity contribution in [3.63, 3.8) is 0 Å². The SMILES string of the molecule is CC/C=C\C/C=C\C/C=C\C/C=C\C/C=C\CCCCCCCCCCCC(=O)OCC(COP(=O)(O)OCC(O)COP(=O)(O)OCC(O)COC(=O)CCCCCCCCCCCCCCCCCCC/C=C\C/C=C\C/C=C\C/C=C\CCCCC)OC(=O)CCCCCCC/C=C\C/C=C\CCCCC. The number of rotatable bonds is 82. The van der Waals surface area contributed by atoms with Crippen LogP contribution in [0.2, 0.25) is 0 Å². The molecule has 0 aliphatic heterocycles. The van der Waals surface area contributed by atoms with E-state index < -0.39 is 91.5 Å². The van der Waals surface area contributed by atoms with Gasteiger partial charge in [-0.1, -0.05) is 341 Å². The van der Waals surface area contributed by atoms with Crippen LogP contribution in [0.25, 0.3) is 0 Å². The summed E-state index contributed by atoms with van der Waals surface area (Å²) in [7, 11) is -9.80. The zero-order valence-electron chi connectivity index (χ0n) is 68.9. The largest absolute Gasteiger partial charge is 0.472 e. The Kier molecular flexibility index (Phi) is 79.8. The van der Waals surface area contributed by atoms with E-state index in [-0.39, 0.29) is 19.3 Å². The second-order valence-corrected chi connectivity index (χ2v) is 31.9. The van der Waals surface area contributed by atoms with Crippen LogP contribution in [0.15, 0.2) is 134 Å². The van der Waals surface area contributed by atoms with Crippen molar-refractivity contribution in [3.05, 3.63) is 134 Å². The Morgan fingerprint density at radius 3 is 0.771 bits per heavy atom. The van der Waals surface area contributed by atoms with Crippen molar-refractivity contribution in [2.75, 3.05) is 39.6 Å². The van der Waals surface area contributed by atoms with Gasteiger partial charge in [-0.25, -0.2) is 9.13 Å². The predicted molar refractivity (Wildman–Crippen MR) is 454 cm³/mol. The maximum atomic E-state index is 13.0. The molecule has 628 valence electrons. The highest BCUT2D eigenvalue weighted by Gasteiger charge is 2.29. The first kappa shape index (κ1) is 105. The third-order valence-electron chi connectivity index (χ3n) is 18.3. The lowest BCUT2D eigenvalue weighted by molar-refractivity contribution is -0.161. The van der Waals surface area contributed by atoms with Crippen LogP contribution < -0.4 is 0 Å². The van der Waals surface area contributed by atoms with Gasteiger partial charge in [-0.05, 0) is 141 Å². The molecular formula is C91H158O16P2. The number of hydrogen-bond donors (Lipinski definition) is 4. The highest BCUT2D eigenvalue weighted by Crippen LogP contribution is 2.45. The number of carbonyl (C=O) groups is 3. The van der Waals surface area contributed by atoms with E-state index in [0.29, 0.717) is 19.3 Å². The molecule has 0 aromatic rings. The Bertz CT molecular complexity index is 2510. The number of aliphatic hydroxyl groups is 2. The van der Waals surface area contributed by atoms with Crippen LogP contribution in [0.3, 0.4) is 0 Å². The topological polar surface area (TPSA) is 231 Å². The number of carbonyl (C=O) groups excluding carboxylic acids is 3. The first-order chi connectivity index (χ1) is 53.2. The van der Waals surface area contributed by atoms with Crippen molar-refractivity contribution in [1.29, 1.82) is 0 Å². The van der Waals surface area contributed by atoms with Gasteiger partial charge in [0, 0.05) is 19.3 Å². The minimum atomic E-state index is -4.94. The Hall–Kier alpha value is -4.31. The number of ether oxygens (including phenoxy) is 3. The molecule has 0 aliphatic carbocycles. The molecule has 0 spiro atoms. The van der Waals surface area contributed by atoms with Gasteiger partial charge < -0.3 is 34.2 Å². The summed E-state index contributed by atoms with van der Waals surface area (Å²) in [4.78, 5) is 58.8. The first-order valence-electron chi connectivity index (χ1n) is 43.5. The lowest BCUT2D eigenvalue weighted by atomic mass is 10.0. The summed E-state index contributed by atoms with van der Waals surface area (Å²) in [5.74, 6) is -1.59. The van der Waals surface area contributed by atoms with Gasteiger partial charge in [0.2, 0.25) is 0 Å². The standard InChI is InChI=1S/C91H158O16P2/c1-4-7-10-13-16-19-22-25-28-30-32-34-36-38-39-40-41-42-43-44-45-47-49-50-52-54-57-59-62-65-68-71-74-77-89(94)101-80-86(92)81-103-108(97,98)104-82-87(93)83-105-109(99,100)106-85-88(107-91(96)79-76-73-70-67-64-61-56-27-24-21-18-15-12-9-6-3)84-102-90(95)78-75-72-69-66-63-60-58-55-53-51-48-46-37-35-33-31-29-26-23-20-17-14-11-8-5-2/h8,11,16-21,25-29,32-35,38-39,46,48,56,86-88,92-93H,4-7,9-10,12-15,22-24,30-31,36-37,40-45,47,49-55,57-85H2,1-3H3,(H,97,98)(H,99,100)/b11-8-,19-16-,20-17-,21-18-,28-25-,29-26-,34-32-,35-33-,39-38-,48-46-,56-27-. The Morgan fingerprint density at radius 1 is 0.266 bits per heavy atom. The van der Waals surface area contributed by atoms with E-state index in [1.807, 2.05) is 0 Å².